The van der Waals surface area contributed by atoms with Crippen LogP contribution in [0.4, 0.5) is 0 Å². The van der Waals surface area contributed by atoms with Crippen LogP contribution >= 0.6 is 0 Å². The van der Waals surface area contributed by atoms with Gasteiger partial charge in [-0.25, -0.2) is 13.6 Å². The quantitative estimate of drug-likeness (QED) is 0.527. The SMILES string of the molecule is CC(C)c1cc(C(=O)N2CCc3ccc(S(N)(=O)=O)cc3C2)c(O)c(O)c1CCO. The summed E-state index contributed by atoms with van der Waals surface area (Å²) in [6.07, 6.45) is 0.688. The highest BCUT2D eigenvalue weighted by Crippen LogP contribution is 2.39. The first-order chi connectivity index (χ1) is 14.0. The van der Waals surface area contributed by atoms with Crippen LogP contribution in [0.2, 0.25) is 0 Å². The van der Waals surface area contributed by atoms with E-state index in [0.717, 1.165) is 5.56 Å². The molecule has 162 valence electrons. The molecule has 1 heterocycles. The predicted molar refractivity (Wildman–Crippen MR) is 111 cm³/mol. The molecule has 0 atom stereocenters. The molecule has 0 unspecified atom stereocenters. The third-order valence-electron chi connectivity index (χ3n) is 5.43. The standard InChI is InChI=1S/C21H26N2O6S/c1-12(2)17-10-18(20(26)19(25)16(17)6-8-24)21(27)23-7-5-13-3-4-15(30(22,28)29)9-14(13)11-23/h3-4,9-10,12,24-26H,5-8,11H2,1-2H3,(H2,22,28,29). The molecule has 3 rings (SSSR count). The van der Waals surface area contributed by atoms with Crippen LogP contribution < -0.4 is 5.14 Å². The Bertz CT molecular complexity index is 1100. The van der Waals surface area contributed by atoms with E-state index < -0.39 is 27.4 Å². The summed E-state index contributed by atoms with van der Waals surface area (Å²) in [4.78, 5) is 14.6. The lowest BCUT2D eigenvalue weighted by Gasteiger charge is -2.30. The van der Waals surface area contributed by atoms with Gasteiger partial charge in [-0.15, -0.1) is 0 Å². The summed E-state index contributed by atoms with van der Waals surface area (Å²) >= 11 is 0. The molecule has 0 aliphatic carbocycles. The normalized spacial score (nSPS) is 14.1. The van der Waals surface area contributed by atoms with Gasteiger partial charge in [0.15, 0.2) is 11.5 Å². The third-order valence-corrected chi connectivity index (χ3v) is 6.34. The molecule has 1 aliphatic heterocycles. The van der Waals surface area contributed by atoms with Gasteiger partial charge in [0.25, 0.3) is 5.91 Å². The van der Waals surface area contributed by atoms with Crippen molar-refractivity contribution in [3.05, 3.63) is 52.1 Å². The number of sulfonamides is 1. The van der Waals surface area contributed by atoms with Crippen molar-refractivity contribution in [2.24, 2.45) is 5.14 Å². The molecule has 0 saturated heterocycles. The van der Waals surface area contributed by atoms with Crippen molar-refractivity contribution >= 4 is 15.9 Å². The maximum Gasteiger partial charge on any atom is 0.258 e. The summed E-state index contributed by atoms with van der Waals surface area (Å²) in [5.74, 6) is -1.42. The number of carbonyl (C=O) groups is 1. The van der Waals surface area contributed by atoms with Gasteiger partial charge in [-0.2, -0.15) is 0 Å². The first-order valence-electron chi connectivity index (χ1n) is 9.67. The molecule has 0 radical (unpaired) electrons. The van der Waals surface area contributed by atoms with Crippen LogP contribution in [0, 0.1) is 0 Å². The number of nitrogens with zero attached hydrogens (tertiary/aromatic N) is 1. The molecule has 2 aromatic carbocycles. The fourth-order valence-corrected chi connectivity index (χ4v) is 4.39. The largest absolute Gasteiger partial charge is 0.504 e. The van der Waals surface area contributed by atoms with Crippen LogP contribution in [-0.2, 0) is 29.4 Å². The van der Waals surface area contributed by atoms with E-state index in [-0.39, 0.29) is 35.9 Å². The maximum absolute atomic E-state index is 13.2. The minimum atomic E-state index is -3.86. The number of aromatic hydroxyl groups is 2. The van der Waals surface area contributed by atoms with Gasteiger partial charge >= 0.3 is 0 Å². The van der Waals surface area contributed by atoms with E-state index in [9.17, 15) is 28.5 Å². The highest BCUT2D eigenvalue weighted by molar-refractivity contribution is 7.89. The molecule has 1 aliphatic rings. The van der Waals surface area contributed by atoms with E-state index in [2.05, 4.69) is 0 Å². The van der Waals surface area contributed by atoms with Crippen molar-refractivity contribution in [1.82, 2.24) is 4.90 Å². The number of aliphatic hydroxyl groups is 1. The smallest absolute Gasteiger partial charge is 0.258 e. The predicted octanol–water partition coefficient (Wildman–Crippen LogP) is 1.60. The molecule has 9 heteroatoms. The Morgan fingerprint density at radius 1 is 1.17 bits per heavy atom. The van der Waals surface area contributed by atoms with Gasteiger partial charge in [0.05, 0.1) is 10.5 Å². The van der Waals surface area contributed by atoms with E-state index in [1.54, 1.807) is 12.1 Å². The number of benzene rings is 2. The molecule has 2 aromatic rings. The molecule has 0 spiro atoms. The molecule has 8 nitrogen and oxygen atoms in total. The number of hydrogen-bond acceptors (Lipinski definition) is 6. The lowest BCUT2D eigenvalue weighted by Crippen LogP contribution is -2.36. The number of phenolic OH excluding ortho intramolecular Hbond substituents is 2. The molecular formula is C21H26N2O6S. The number of phenols is 2. The van der Waals surface area contributed by atoms with E-state index in [0.29, 0.717) is 29.7 Å². The van der Waals surface area contributed by atoms with Crippen LogP contribution in [0.15, 0.2) is 29.2 Å². The van der Waals surface area contributed by atoms with Crippen molar-refractivity contribution in [1.29, 1.82) is 0 Å². The van der Waals surface area contributed by atoms with Gasteiger partial charge in [0.1, 0.15) is 0 Å². The molecular weight excluding hydrogens is 408 g/mol. The van der Waals surface area contributed by atoms with Crippen LogP contribution in [0.1, 0.15) is 52.4 Å². The van der Waals surface area contributed by atoms with Gasteiger partial charge < -0.3 is 20.2 Å². The second kappa shape index (κ2) is 8.25. The number of fused-ring (bicyclic) bond motifs is 1. The van der Waals surface area contributed by atoms with Gasteiger partial charge in [0, 0.05) is 25.3 Å². The molecule has 30 heavy (non-hydrogen) atoms. The Hall–Kier alpha value is -2.62. The van der Waals surface area contributed by atoms with Gasteiger partial charge in [0.2, 0.25) is 10.0 Å². The lowest BCUT2D eigenvalue weighted by molar-refractivity contribution is 0.0730. The number of carbonyl (C=O) groups excluding carboxylic acids is 1. The van der Waals surface area contributed by atoms with Crippen molar-refractivity contribution in [2.45, 2.75) is 44.0 Å². The summed E-state index contributed by atoms with van der Waals surface area (Å²) in [7, 11) is -3.86. The average Bonchev–Trinajstić information content (AvgIpc) is 2.69. The lowest BCUT2D eigenvalue weighted by atomic mass is 9.91. The van der Waals surface area contributed by atoms with Crippen LogP contribution in [0.3, 0.4) is 0 Å². The fourth-order valence-electron chi connectivity index (χ4n) is 3.83. The molecule has 0 fully saturated rings. The van der Waals surface area contributed by atoms with Crippen molar-refractivity contribution < 1.29 is 28.5 Å². The molecule has 0 saturated carbocycles. The first-order valence-corrected chi connectivity index (χ1v) is 11.2. The fraction of sp³-hybridized carbons (Fsp3) is 0.381. The monoisotopic (exact) mass is 434 g/mol. The van der Waals surface area contributed by atoms with E-state index in [4.69, 9.17) is 5.14 Å². The zero-order valence-corrected chi connectivity index (χ0v) is 17.7. The minimum Gasteiger partial charge on any atom is -0.504 e. The maximum atomic E-state index is 13.2. The van der Waals surface area contributed by atoms with Crippen molar-refractivity contribution in [3.63, 3.8) is 0 Å². The minimum absolute atomic E-state index is 0.0218. The summed E-state index contributed by atoms with van der Waals surface area (Å²) in [5.41, 5.74) is 2.68. The summed E-state index contributed by atoms with van der Waals surface area (Å²) in [6, 6.07) is 6.17. The first kappa shape index (κ1) is 22.1. The summed E-state index contributed by atoms with van der Waals surface area (Å²) in [6.45, 7) is 4.14. The van der Waals surface area contributed by atoms with Crippen LogP contribution in [0.5, 0.6) is 11.5 Å². The number of hydrogen-bond donors (Lipinski definition) is 4. The van der Waals surface area contributed by atoms with Gasteiger partial charge in [-0.3, -0.25) is 4.79 Å². The Labute approximate surface area is 175 Å². The number of rotatable bonds is 5. The Balaban J connectivity index is 1.98. The number of nitrogens with two attached hydrogens (primary N) is 1. The highest BCUT2D eigenvalue weighted by atomic mass is 32.2. The molecule has 5 N–H and O–H groups in total. The molecule has 1 amide bonds. The number of amides is 1. The second-order valence-electron chi connectivity index (χ2n) is 7.77. The summed E-state index contributed by atoms with van der Waals surface area (Å²) < 4.78 is 23.3. The van der Waals surface area contributed by atoms with Crippen LogP contribution in [0.25, 0.3) is 0 Å². The Morgan fingerprint density at radius 3 is 2.47 bits per heavy atom. The van der Waals surface area contributed by atoms with E-state index in [1.807, 2.05) is 13.8 Å². The van der Waals surface area contributed by atoms with Gasteiger partial charge in [-0.1, -0.05) is 19.9 Å². The zero-order valence-electron chi connectivity index (χ0n) is 16.9. The van der Waals surface area contributed by atoms with Crippen molar-refractivity contribution in [3.8, 4) is 11.5 Å². The van der Waals surface area contributed by atoms with Crippen molar-refractivity contribution in [2.75, 3.05) is 13.2 Å². The molecule has 0 aromatic heterocycles. The Kier molecular flexibility index (Phi) is 6.07. The molecule has 0 bridgehead atoms. The summed E-state index contributed by atoms with van der Waals surface area (Å²) in [5, 5.41) is 35.4. The van der Waals surface area contributed by atoms with Gasteiger partial charge in [-0.05, 0) is 53.6 Å². The third kappa shape index (κ3) is 4.14. The highest BCUT2D eigenvalue weighted by Gasteiger charge is 2.28. The van der Waals surface area contributed by atoms with E-state index in [1.165, 1.54) is 17.0 Å². The zero-order chi connectivity index (χ0) is 22.2. The average molecular weight is 435 g/mol. The van der Waals surface area contributed by atoms with E-state index >= 15 is 0 Å². The second-order valence-corrected chi connectivity index (χ2v) is 9.33. The number of aliphatic hydroxyl groups excluding tert-OH is 1. The van der Waals surface area contributed by atoms with Crippen LogP contribution in [-0.4, -0.2) is 47.7 Å². The number of primary sulfonamides is 1. The topological polar surface area (TPSA) is 141 Å². The Morgan fingerprint density at radius 2 is 1.87 bits per heavy atom.